The fraction of sp³-hybridized carbons (Fsp3) is 0.615. The molecule has 2 aromatic heterocycles. The first-order valence-electron chi connectivity index (χ1n) is 6.84. The Kier molecular flexibility index (Phi) is 3.50. The van der Waals surface area contributed by atoms with Gasteiger partial charge in [-0.3, -0.25) is 0 Å². The lowest BCUT2D eigenvalue weighted by Gasteiger charge is -2.11. The Balaban J connectivity index is 1.63. The summed E-state index contributed by atoms with van der Waals surface area (Å²) in [6.07, 6.45) is 5.80. The zero-order valence-electron chi connectivity index (χ0n) is 11.4. The summed E-state index contributed by atoms with van der Waals surface area (Å²) in [5.74, 6) is 1.66. The largest absolute Gasteiger partial charge is 0.354 e. The van der Waals surface area contributed by atoms with Crippen molar-refractivity contribution >= 4 is 16.5 Å². The first-order valence-corrected chi connectivity index (χ1v) is 7.66. The van der Waals surface area contributed by atoms with Gasteiger partial charge in [-0.1, -0.05) is 25.2 Å². The number of aryl methyl sites for hydroxylation is 2. The average Bonchev–Trinajstić information content (AvgIpc) is 3.02. The Morgan fingerprint density at radius 1 is 1.37 bits per heavy atom. The van der Waals surface area contributed by atoms with E-state index in [0.29, 0.717) is 5.92 Å². The van der Waals surface area contributed by atoms with Crippen LogP contribution in [0.3, 0.4) is 0 Å². The Bertz CT molecular complexity index is 534. The minimum atomic E-state index is 0.438. The van der Waals surface area contributed by atoms with Crippen molar-refractivity contribution in [2.45, 2.75) is 52.1 Å². The van der Waals surface area contributed by atoms with Crippen LogP contribution in [0, 0.1) is 0 Å². The zero-order chi connectivity index (χ0) is 13.2. The highest BCUT2D eigenvalue weighted by Gasteiger charge is 2.12. The molecule has 0 aromatic carbocycles. The van der Waals surface area contributed by atoms with Crippen LogP contribution in [-0.2, 0) is 19.5 Å². The summed E-state index contributed by atoms with van der Waals surface area (Å²) < 4.78 is 2.28. The third-order valence-corrected chi connectivity index (χ3v) is 4.50. The van der Waals surface area contributed by atoms with Crippen LogP contribution in [0.5, 0.6) is 0 Å². The predicted octanol–water partition coefficient (Wildman–Crippen LogP) is 2.81. The third kappa shape index (κ3) is 2.78. The molecule has 0 bridgehead atoms. The summed E-state index contributed by atoms with van der Waals surface area (Å²) >= 11 is 1.63. The van der Waals surface area contributed by atoms with E-state index in [-0.39, 0.29) is 0 Å². The molecule has 0 saturated heterocycles. The predicted molar refractivity (Wildman–Crippen MR) is 76.5 cm³/mol. The number of nitrogens with one attached hydrogen (secondary N) is 1. The smallest absolute Gasteiger partial charge is 0.206 e. The lowest BCUT2D eigenvalue weighted by Crippen LogP contribution is -2.08. The van der Waals surface area contributed by atoms with Crippen molar-refractivity contribution in [1.29, 1.82) is 0 Å². The molecule has 0 amide bonds. The van der Waals surface area contributed by atoms with Crippen molar-refractivity contribution in [3.05, 3.63) is 22.7 Å². The lowest BCUT2D eigenvalue weighted by molar-refractivity contribution is 0.522. The second-order valence-electron chi connectivity index (χ2n) is 5.25. The van der Waals surface area contributed by atoms with Crippen LogP contribution < -0.4 is 5.32 Å². The summed E-state index contributed by atoms with van der Waals surface area (Å²) in [5, 5.41) is 13.6. The van der Waals surface area contributed by atoms with Crippen molar-refractivity contribution < 1.29 is 0 Å². The molecule has 1 N–H and O–H groups in total. The molecule has 3 heterocycles. The van der Waals surface area contributed by atoms with E-state index < -0.39 is 0 Å². The maximum atomic E-state index is 4.66. The number of rotatable bonds is 4. The van der Waals surface area contributed by atoms with Crippen LogP contribution >= 0.6 is 11.3 Å². The van der Waals surface area contributed by atoms with Gasteiger partial charge in [0.1, 0.15) is 10.8 Å². The van der Waals surface area contributed by atoms with E-state index in [1.807, 2.05) is 0 Å². The molecule has 1 aliphatic heterocycles. The lowest BCUT2D eigenvalue weighted by atomic mass is 10.2. The number of aromatic nitrogens is 4. The van der Waals surface area contributed by atoms with E-state index in [2.05, 4.69) is 45.1 Å². The molecule has 19 heavy (non-hydrogen) atoms. The fourth-order valence-electron chi connectivity index (χ4n) is 2.26. The second-order valence-corrected chi connectivity index (χ2v) is 6.26. The average molecular weight is 277 g/mol. The molecule has 102 valence electrons. The van der Waals surface area contributed by atoms with E-state index in [9.17, 15) is 0 Å². The van der Waals surface area contributed by atoms with E-state index >= 15 is 0 Å². The van der Waals surface area contributed by atoms with Crippen LogP contribution in [0.25, 0.3) is 0 Å². The molecule has 6 heteroatoms. The van der Waals surface area contributed by atoms with Crippen LogP contribution in [0.15, 0.2) is 6.20 Å². The Hall–Kier alpha value is -1.43. The first-order chi connectivity index (χ1) is 9.22. The van der Waals surface area contributed by atoms with Crippen LogP contribution in [0.2, 0.25) is 0 Å². The number of imidazole rings is 1. The SMILES string of the molecule is CC(C)c1nnc(NCc2cn3c(n2)CCCC3)s1. The fourth-order valence-corrected chi connectivity index (χ4v) is 3.00. The minimum Gasteiger partial charge on any atom is -0.354 e. The number of nitrogens with zero attached hydrogens (tertiary/aromatic N) is 4. The van der Waals surface area contributed by atoms with Crippen molar-refractivity contribution in [3.63, 3.8) is 0 Å². The number of anilines is 1. The van der Waals surface area contributed by atoms with Gasteiger partial charge in [-0.05, 0) is 12.8 Å². The van der Waals surface area contributed by atoms with Crippen molar-refractivity contribution in [3.8, 4) is 0 Å². The first kappa shape index (κ1) is 12.6. The summed E-state index contributed by atoms with van der Waals surface area (Å²) in [7, 11) is 0. The van der Waals surface area contributed by atoms with Crippen LogP contribution in [-0.4, -0.2) is 19.7 Å². The summed E-state index contributed by atoms with van der Waals surface area (Å²) in [6, 6.07) is 0. The van der Waals surface area contributed by atoms with Crippen molar-refractivity contribution in [2.75, 3.05) is 5.32 Å². The third-order valence-electron chi connectivity index (χ3n) is 3.31. The molecular weight excluding hydrogens is 258 g/mol. The van der Waals surface area contributed by atoms with Gasteiger partial charge in [-0.2, -0.15) is 0 Å². The molecule has 1 aliphatic rings. The highest BCUT2D eigenvalue weighted by Crippen LogP contribution is 2.23. The van der Waals surface area contributed by atoms with E-state index in [1.165, 1.54) is 18.7 Å². The number of fused-ring (bicyclic) bond motifs is 1. The summed E-state index contributed by atoms with van der Waals surface area (Å²) in [6.45, 7) is 6.10. The van der Waals surface area contributed by atoms with Gasteiger partial charge in [0.05, 0.1) is 12.2 Å². The normalized spacial score (nSPS) is 14.7. The van der Waals surface area contributed by atoms with E-state index in [4.69, 9.17) is 0 Å². The topological polar surface area (TPSA) is 55.6 Å². The quantitative estimate of drug-likeness (QED) is 0.933. The van der Waals surface area contributed by atoms with E-state index in [0.717, 1.165) is 35.3 Å². The molecule has 5 nitrogen and oxygen atoms in total. The van der Waals surface area contributed by atoms with Gasteiger partial charge in [0.2, 0.25) is 5.13 Å². The van der Waals surface area contributed by atoms with Crippen LogP contribution in [0.1, 0.15) is 49.1 Å². The van der Waals surface area contributed by atoms with Gasteiger partial charge < -0.3 is 9.88 Å². The Labute approximate surface area is 117 Å². The van der Waals surface area contributed by atoms with Gasteiger partial charge in [0, 0.05) is 25.1 Å². The molecular formula is C13H19N5S. The summed E-state index contributed by atoms with van der Waals surface area (Å²) in [4.78, 5) is 4.66. The van der Waals surface area contributed by atoms with Crippen LogP contribution in [0.4, 0.5) is 5.13 Å². The second kappa shape index (κ2) is 5.28. The van der Waals surface area contributed by atoms with Crippen molar-refractivity contribution in [2.24, 2.45) is 0 Å². The number of hydrogen-bond acceptors (Lipinski definition) is 5. The molecule has 2 aromatic rings. The van der Waals surface area contributed by atoms with Gasteiger partial charge in [0.25, 0.3) is 0 Å². The maximum Gasteiger partial charge on any atom is 0.206 e. The number of hydrogen-bond donors (Lipinski definition) is 1. The molecule has 0 unspecified atom stereocenters. The maximum absolute atomic E-state index is 4.66. The zero-order valence-corrected chi connectivity index (χ0v) is 12.2. The van der Waals surface area contributed by atoms with Gasteiger partial charge in [0.15, 0.2) is 0 Å². The minimum absolute atomic E-state index is 0.438. The van der Waals surface area contributed by atoms with E-state index in [1.54, 1.807) is 11.3 Å². The Morgan fingerprint density at radius 3 is 3.00 bits per heavy atom. The van der Waals surface area contributed by atoms with Gasteiger partial charge >= 0.3 is 0 Å². The molecule has 3 rings (SSSR count). The summed E-state index contributed by atoms with van der Waals surface area (Å²) in [5.41, 5.74) is 1.10. The monoisotopic (exact) mass is 277 g/mol. The van der Waals surface area contributed by atoms with Crippen molar-refractivity contribution in [1.82, 2.24) is 19.7 Å². The highest BCUT2D eigenvalue weighted by molar-refractivity contribution is 7.15. The Morgan fingerprint density at radius 2 is 2.26 bits per heavy atom. The van der Waals surface area contributed by atoms with Gasteiger partial charge in [-0.15, -0.1) is 10.2 Å². The molecule has 0 fully saturated rings. The molecule has 0 aliphatic carbocycles. The molecule has 0 spiro atoms. The van der Waals surface area contributed by atoms with Gasteiger partial charge in [-0.25, -0.2) is 4.98 Å². The molecule has 0 saturated carbocycles. The highest BCUT2D eigenvalue weighted by atomic mass is 32.1. The standard InChI is InChI=1S/C13H19N5S/c1-9(2)12-16-17-13(19-12)14-7-10-8-18-6-4-3-5-11(18)15-10/h8-9H,3-7H2,1-2H3,(H,14,17). The molecule has 0 atom stereocenters. The molecule has 0 radical (unpaired) electrons.